The summed E-state index contributed by atoms with van der Waals surface area (Å²) in [7, 11) is 4.51. The van der Waals surface area contributed by atoms with Crippen LogP contribution in [0.2, 0.25) is 0 Å². The van der Waals surface area contributed by atoms with E-state index in [0.29, 0.717) is 6.04 Å². The smallest absolute Gasteiger partial charge is 0.0218 e. The highest BCUT2D eigenvalue weighted by Crippen LogP contribution is 2.19. The maximum Gasteiger partial charge on any atom is 0.0218 e. The molecule has 1 unspecified atom stereocenters. The van der Waals surface area contributed by atoms with E-state index in [9.17, 15) is 0 Å². The maximum absolute atomic E-state index is 5.97. The van der Waals surface area contributed by atoms with Gasteiger partial charge in [-0.25, -0.2) is 0 Å². The van der Waals surface area contributed by atoms with Gasteiger partial charge in [-0.2, -0.15) is 0 Å². The predicted octanol–water partition coefficient (Wildman–Crippen LogP) is 2.31. The number of nitrogens with two attached hydrogens (primary N) is 1. The van der Waals surface area contributed by atoms with Gasteiger partial charge in [0.05, 0.1) is 0 Å². The summed E-state index contributed by atoms with van der Waals surface area (Å²) < 4.78 is 0. The van der Waals surface area contributed by atoms with E-state index in [1.54, 1.807) is 0 Å². The molecule has 0 amide bonds. The Kier molecular flexibility index (Phi) is 7.87. The SMILES string of the molecule is CCCCCCC(CN)N(C)C1CCN(C)CC1. The molecule has 0 spiro atoms. The van der Waals surface area contributed by atoms with E-state index >= 15 is 0 Å². The zero-order valence-corrected chi connectivity index (χ0v) is 12.7. The Hall–Kier alpha value is -0.120. The molecule has 0 radical (unpaired) electrons. The molecule has 0 aromatic rings. The molecule has 18 heavy (non-hydrogen) atoms. The lowest BCUT2D eigenvalue weighted by Crippen LogP contribution is -2.48. The molecule has 0 aliphatic carbocycles. The summed E-state index contributed by atoms with van der Waals surface area (Å²) in [5.41, 5.74) is 5.97. The highest BCUT2D eigenvalue weighted by atomic mass is 15.2. The van der Waals surface area contributed by atoms with Crippen LogP contribution in [0.4, 0.5) is 0 Å². The minimum absolute atomic E-state index is 0.593. The number of likely N-dealkylation sites (tertiary alicyclic amines) is 1. The Balaban J connectivity index is 2.29. The second kappa shape index (κ2) is 8.89. The van der Waals surface area contributed by atoms with Gasteiger partial charge >= 0.3 is 0 Å². The first-order chi connectivity index (χ1) is 8.69. The van der Waals surface area contributed by atoms with Crippen LogP contribution in [0.15, 0.2) is 0 Å². The van der Waals surface area contributed by atoms with E-state index in [4.69, 9.17) is 5.73 Å². The first kappa shape index (κ1) is 15.9. The Morgan fingerprint density at radius 2 is 1.89 bits per heavy atom. The van der Waals surface area contributed by atoms with E-state index in [1.807, 2.05) is 0 Å². The molecule has 2 N–H and O–H groups in total. The molecule has 0 saturated carbocycles. The number of hydrogen-bond donors (Lipinski definition) is 1. The predicted molar refractivity (Wildman–Crippen MR) is 79.9 cm³/mol. The second-order valence-electron chi connectivity index (χ2n) is 5.94. The molecule has 1 fully saturated rings. The number of nitrogens with zero attached hydrogens (tertiary/aromatic N) is 2. The third-order valence-electron chi connectivity index (χ3n) is 4.50. The van der Waals surface area contributed by atoms with Crippen LogP contribution in [-0.4, -0.2) is 55.6 Å². The molecule has 3 heteroatoms. The molecule has 0 aromatic carbocycles. The van der Waals surface area contributed by atoms with Gasteiger partial charge in [0, 0.05) is 18.6 Å². The summed E-state index contributed by atoms with van der Waals surface area (Å²) in [4.78, 5) is 5.00. The van der Waals surface area contributed by atoms with Gasteiger partial charge in [0.2, 0.25) is 0 Å². The van der Waals surface area contributed by atoms with Crippen molar-refractivity contribution in [2.75, 3.05) is 33.7 Å². The molecule has 1 heterocycles. The summed E-state index contributed by atoms with van der Waals surface area (Å²) in [5, 5.41) is 0. The fourth-order valence-corrected chi connectivity index (χ4v) is 2.99. The number of unbranched alkanes of at least 4 members (excludes halogenated alkanes) is 3. The van der Waals surface area contributed by atoms with Gasteiger partial charge in [-0.1, -0.05) is 32.6 Å². The Morgan fingerprint density at radius 3 is 2.44 bits per heavy atom. The van der Waals surface area contributed by atoms with Gasteiger partial charge in [-0.15, -0.1) is 0 Å². The first-order valence-corrected chi connectivity index (χ1v) is 7.79. The van der Waals surface area contributed by atoms with Crippen molar-refractivity contribution in [3.63, 3.8) is 0 Å². The minimum Gasteiger partial charge on any atom is -0.329 e. The molecule has 1 aliphatic rings. The van der Waals surface area contributed by atoms with E-state index in [0.717, 1.165) is 12.6 Å². The molecule has 1 rings (SSSR count). The fraction of sp³-hybridized carbons (Fsp3) is 1.00. The van der Waals surface area contributed by atoms with Gasteiger partial charge in [0.15, 0.2) is 0 Å². The van der Waals surface area contributed by atoms with Gasteiger partial charge < -0.3 is 10.6 Å². The average molecular weight is 255 g/mol. The Morgan fingerprint density at radius 1 is 1.22 bits per heavy atom. The van der Waals surface area contributed by atoms with Crippen molar-refractivity contribution in [3.05, 3.63) is 0 Å². The van der Waals surface area contributed by atoms with Crippen molar-refractivity contribution in [1.29, 1.82) is 0 Å². The zero-order chi connectivity index (χ0) is 13.4. The van der Waals surface area contributed by atoms with E-state index in [-0.39, 0.29) is 0 Å². The van der Waals surface area contributed by atoms with Gasteiger partial charge in [-0.3, -0.25) is 4.90 Å². The van der Waals surface area contributed by atoms with Crippen molar-refractivity contribution < 1.29 is 0 Å². The van der Waals surface area contributed by atoms with Gasteiger partial charge in [0.1, 0.15) is 0 Å². The van der Waals surface area contributed by atoms with Crippen LogP contribution in [0.5, 0.6) is 0 Å². The van der Waals surface area contributed by atoms with Crippen LogP contribution < -0.4 is 5.73 Å². The monoisotopic (exact) mass is 255 g/mol. The quantitative estimate of drug-likeness (QED) is 0.676. The molecule has 108 valence electrons. The highest BCUT2D eigenvalue weighted by Gasteiger charge is 2.24. The van der Waals surface area contributed by atoms with E-state index < -0.39 is 0 Å². The van der Waals surface area contributed by atoms with Crippen molar-refractivity contribution in [1.82, 2.24) is 9.80 Å². The van der Waals surface area contributed by atoms with E-state index in [1.165, 1.54) is 58.0 Å². The minimum atomic E-state index is 0.593. The van der Waals surface area contributed by atoms with E-state index in [2.05, 4.69) is 30.8 Å². The summed E-state index contributed by atoms with van der Waals surface area (Å²) in [6, 6.07) is 1.34. The molecule has 1 saturated heterocycles. The summed E-state index contributed by atoms with van der Waals surface area (Å²) >= 11 is 0. The van der Waals surface area contributed by atoms with Crippen molar-refractivity contribution in [3.8, 4) is 0 Å². The number of likely N-dealkylation sites (N-methyl/N-ethyl adjacent to an activating group) is 1. The number of rotatable bonds is 8. The van der Waals surface area contributed by atoms with Gasteiger partial charge in [-0.05, 0) is 46.4 Å². The van der Waals surface area contributed by atoms with Crippen LogP contribution in [0.3, 0.4) is 0 Å². The largest absolute Gasteiger partial charge is 0.329 e. The zero-order valence-electron chi connectivity index (χ0n) is 12.7. The number of hydrogen-bond acceptors (Lipinski definition) is 3. The lowest BCUT2D eigenvalue weighted by molar-refractivity contribution is 0.104. The van der Waals surface area contributed by atoms with Crippen LogP contribution in [0.25, 0.3) is 0 Å². The van der Waals surface area contributed by atoms with Gasteiger partial charge in [0.25, 0.3) is 0 Å². The van der Waals surface area contributed by atoms with Crippen LogP contribution in [0.1, 0.15) is 51.9 Å². The Bertz CT molecular complexity index is 200. The molecule has 1 aliphatic heterocycles. The average Bonchev–Trinajstić information content (AvgIpc) is 2.39. The molecular weight excluding hydrogens is 222 g/mol. The lowest BCUT2D eigenvalue weighted by Gasteiger charge is -2.39. The van der Waals surface area contributed by atoms with Crippen molar-refractivity contribution in [2.24, 2.45) is 5.73 Å². The summed E-state index contributed by atoms with van der Waals surface area (Å²) in [5.74, 6) is 0. The Labute approximate surface area is 114 Å². The van der Waals surface area contributed by atoms with Crippen molar-refractivity contribution in [2.45, 2.75) is 64.0 Å². The highest BCUT2D eigenvalue weighted by molar-refractivity contribution is 4.81. The molecule has 1 atom stereocenters. The second-order valence-corrected chi connectivity index (χ2v) is 5.94. The summed E-state index contributed by atoms with van der Waals surface area (Å²) in [6.07, 6.45) is 9.28. The fourth-order valence-electron chi connectivity index (χ4n) is 2.99. The molecule has 3 nitrogen and oxygen atoms in total. The first-order valence-electron chi connectivity index (χ1n) is 7.79. The maximum atomic E-state index is 5.97. The molecular formula is C15H33N3. The van der Waals surface area contributed by atoms with Crippen molar-refractivity contribution >= 4 is 0 Å². The standard InChI is InChI=1S/C15H33N3/c1-4-5-6-7-8-15(13-16)18(3)14-9-11-17(2)12-10-14/h14-15H,4-13,16H2,1-3H3. The van der Waals surface area contributed by atoms with Crippen LogP contribution in [0, 0.1) is 0 Å². The van der Waals surface area contributed by atoms with Crippen LogP contribution >= 0.6 is 0 Å². The third kappa shape index (κ3) is 5.25. The summed E-state index contributed by atoms with van der Waals surface area (Å²) in [6.45, 7) is 5.56. The number of piperidine rings is 1. The molecule has 0 bridgehead atoms. The normalized spacial score (nSPS) is 20.5. The third-order valence-corrected chi connectivity index (χ3v) is 4.50. The van der Waals surface area contributed by atoms with Crippen LogP contribution in [-0.2, 0) is 0 Å². The molecule has 0 aromatic heterocycles. The lowest BCUT2D eigenvalue weighted by atomic mass is 9.99. The topological polar surface area (TPSA) is 32.5 Å².